The van der Waals surface area contributed by atoms with Crippen LogP contribution in [0.1, 0.15) is 132 Å². The van der Waals surface area contributed by atoms with Crippen LogP contribution in [0.4, 0.5) is 0 Å². The Labute approximate surface area is 290 Å². The minimum atomic E-state index is -1.60. The summed E-state index contributed by atoms with van der Waals surface area (Å²) in [5, 5.41) is 45.7. The SMILES string of the molecule is CC1(C)CC(OC2(C(=O)O)CCCCC2C(=O)O)CC(C)(C)N1.CC1(C)CC(OC2(C(=O)O)CCCCC2C(=O)O)CC(C)(C)N1.[Mn]. The smallest absolute Gasteiger partial charge is 0.336 e. The van der Waals surface area contributed by atoms with Gasteiger partial charge in [0.05, 0.1) is 24.0 Å². The second-order valence-corrected chi connectivity index (χ2v) is 16.7. The molecular formula is C34H58MnN2O10. The van der Waals surface area contributed by atoms with Gasteiger partial charge in [0, 0.05) is 39.2 Å². The summed E-state index contributed by atoms with van der Waals surface area (Å²) in [6.45, 7) is 16.5. The van der Waals surface area contributed by atoms with Gasteiger partial charge in [-0.25, -0.2) is 9.59 Å². The van der Waals surface area contributed by atoms with E-state index in [0.29, 0.717) is 51.4 Å². The summed E-state index contributed by atoms with van der Waals surface area (Å²) in [7, 11) is 0. The molecule has 4 rings (SSSR count). The van der Waals surface area contributed by atoms with Crippen molar-refractivity contribution in [1.82, 2.24) is 10.6 Å². The monoisotopic (exact) mass is 709 g/mol. The summed E-state index contributed by atoms with van der Waals surface area (Å²) in [6, 6.07) is 0. The number of hydrogen-bond acceptors (Lipinski definition) is 8. The summed E-state index contributed by atoms with van der Waals surface area (Å²) in [4.78, 5) is 47.2. The first-order valence-corrected chi connectivity index (χ1v) is 16.8. The topological polar surface area (TPSA) is 192 Å². The zero-order valence-electron chi connectivity index (χ0n) is 29.4. The molecule has 47 heavy (non-hydrogen) atoms. The summed E-state index contributed by atoms with van der Waals surface area (Å²) < 4.78 is 12.2. The Balaban J connectivity index is 0.000000320. The number of rotatable bonds is 8. The number of carbonyl (C=O) groups is 4. The number of ether oxygens (including phenoxy) is 2. The van der Waals surface area contributed by atoms with Gasteiger partial charge in [0.25, 0.3) is 0 Å². The van der Waals surface area contributed by atoms with Crippen LogP contribution in [0.15, 0.2) is 0 Å². The largest absolute Gasteiger partial charge is 0.481 e. The molecule has 0 spiro atoms. The third-order valence-electron chi connectivity index (χ3n) is 10.1. The van der Waals surface area contributed by atoms with E-state index in [1.807, 2.05) is 0 Å². The molecule has 0 aromatic carbocycles. The first kappa shape index (κ1) is 41.4. The Morgan fingerprint density at radius 2 is 0.809 bits per heavy atom. The molecule has 2 saturated carbocycles. The average molecular weight is 710 g/mol. The van der Waals surface area contributed by atoms with Gasteiger partial charge < -0.3 is 40.5 Å². The molecule has 6 N–H and O–H groups in total. The molecule has 4 fully saturated rings. The van der Waals surface area contributed by atoms with Crippen LogP contribution < -0.4 is 10.6 Å². The second-order valence-electron chi connectivity index (χ2n) is 16.7. The van der Waals surface area contributed by atoms with Gasteiger partial charge in [-0.1, -0.05) is 12.8 Å². The van der Waals surface area contributed by atoms with E-state index in [2.05, 4.69) is 66.0 Å². The molecule has 4 aliphatic rings. The molecular weight excluding hydrogens is 651 g/mol. The van der Waals surface area contributed by atoms with Crippen LogP contribution >= 0.6 is 0 Å². The van der Waals surface area contributed by atoms with Crippen LogP contribution in [0.2, 0.25) is 0 Å². The van der Waals surface area contributed by atoms with Crippen LogP contribution in [0, 0.1) is 11.8 Å². The minimum absolute atomic E-state index is 0. The van der Waals surface area contributed by atoms with Gasteiger partial charge in [-0.05, 0) is 120 Å². The minimum Gasteiger partial charge on any atom is -0.481 e. The van der Waals surface area contributed by atoms with Crippen LogP contribution in [0.5, 0.6) is 0 Å². The fraction of sp³-hybridized carbons (Fsp3) is 0.882. The summed E-state index contributed by atoms with van der Waals surface area (Å²) in [6.07, 6.45) is 6.23. The van der Waals surface area contributed by atoms with Crippen molar-refractivity contribution < 1.29 is 66.1 Å². The molecule has 0 bridgehead atoms. The number of carboxylic acid groups (broad SMARTS) is 4. The van der Waals surface area contributed by atoms with Gasteiger partial charge in [0.2, 0.25) is 0 Å². The van der Waals surface area contributed by atoms with E-state index < -0.39 is 46.9 Å². The van der Waals surface area contributed by atoms with Crippen LogP contribution in [0.25, 0.3) is 0 Å². The Morgan fingerprint density at radius 3 is 1.04 bits per heavy atom. The molecule has 12 nitrogen and oxygen atoms in total. The molecule has 0 aromatic heterocycles. The zero-order chi connectivity index (χ0) is 34.9. The number of hydrogen-bond donors (Lipinski definition) is 6. The summed E-state index contributed by atoms with van der Waals surface area (Å²) >= 11 is 0. The quantitative estimate of drug-likeness (QED) is 0.189. The van der Waals surface area contributed by atoms with Crippen molar-refractivity contribution in [2.75, 3.05) is 0 Å². The van der Waals surface area contributed by atoms with Crippen molar-refractivity contribution in [3.8, 4) is 0 Å². The van der Waals surface area contributed by atoms with Crippen molar-refractivity contribution in [3.63, 3.8) is 0 Å². The van der Waals surface area contributed by atoms with Crippen LogP contribution in [-0.4, -0.2) is 89.9 Å². The summed E-state index contributed by atoms with van der Waals surface area (Å²) in [5.74, 6) is -6.37. The summed E-state index contributed by atoms with van der Waals surface area (Å²) in [5.41, 5.74) is -3.92. The number of aliphatic carboxylic acids is 4. The van der Waals surface area contributed by atoms with Crippen molar-refractivity contribution in [2.24, 2.45) is 11.8 Å². The van der Waals surface area contributed by atoms with Crippen LogP contribution in [0.3, 0.4) is 0 Å². The number of nitrogens with one attached hydrogen (secondary N) is 2. The fourth-order valence-corrected chi connectivity index (χ4v) is 9.05. The number of piperidine rings is 2. The Bertz CT molecular complexity index is 1040. The molecule has 2 aliphatic carbocycles. The van der Waals surface area contributed by atoms with E-state index in [1.54, 1.807) is 0 Å². The molecule has 2 aliphatic heterocycles. The van der Waals surface area contributed by atoms with Gasteiger partial charge >= 0.3 is 23.9 Å². The predicted molar refractivity (Wildman–Crippen MR) is 171 cm³/mol. The maximum absolute atomic E-state index is 12.0. The third-order valence-corrected chi connectivity index (χ3v) is 10.1. The predicted octanol–water partition coefficient (Wildman–Crippen LogP) is 4.82. The molecule has 0 aromatic rings. The molecule has 4 unspecified atom stereocenters. The number of carboxylic acids is 4. The molecule has 2 heterocycles. The van der Waals surface area contributed by atoms with E-state index in [1.165, 1.54) is 0 Å². The van der Waals surface area contributed by atoms with Crippen molar-refractivity contribution >= 4 is 23.9 Å². The average Bonchev–Trinajstić information content (AvgIpc) is 2.85. The second kappa shape index (κ2) is 15.0. The molecule has 13 heteroatoms. The Hall–Kier alpha value is -1.76. The zero-order valence-corrected chi connectivity index (χ0v) is 30.6. The molecule has 1 radical (unpaired) electrons. The maximum atomic E-state index is 12.0. The molecule has 0 amide bonds. The van der Waals surface area contributed by atoms with Crippen molar-refractivity contribution in [3.05, 3.63) is 0 Å². The maximum Gasteiger partial charge on any atom is 0.336 e. The van der Waals surface area contributed by atoms with E-state index in [4.69, 9.17) is 9.47 Å². The van der Waals surface area contributed by atoms with E-state index in [9.17, 15) is 39.6 Å². The van der Waals surface area contributed by atoms with Crippen LogP contribution in [-0.2, 0) is 45.7 Å². The molecule has 4 atom stereocenters. The standard InChI is InChI=1S/2C17H29NO5.Mn/c2*1-15(2)9-11(10-16(3,4)18-15)23-17(14(21)22)8-6-5-7-12(17)13(19)20;/h2*11-12,18H,5-10H2,1-4H3,(H,19,20)(H,21,22);. The third kappa shape index (κ3) is 10.1. The molecule has 271 valence electrons. The van der Waals surface area contributed by atoms with E-state index in [0.717, 1.165) is 12.8 Å². The normalized spacial score (nSPS) is 33.3. The van der Waals surface area contributed by atoms with Gasteiger partial charge in [-0.2, -0.15) is 0 Å². The Kier molecular flexibility index (Phi) is 13.2. The van der Waals surface area contributed by atoms with E-state index in [-0.39, 0.29) is 64.3 Å². The molecule has 2 saturated heterocycles. The first-order valence-electron chi connectivity index (χ1n) is 16.8. The van der Waals surface area contributed by atoms with Gasteiger partial charge in [0.15, 0.2) is 11.2 Å². The van der Waals surface area contributed by atoms with Gasteiger partial charge in [0.1, 0.15) is 0 Å². The van der Waals surface area contributed by atoms with E-state index >= 15 is 0 Å². The van der Waals surface area contributed by atoms with Gasteiger partial charge in [-0.3, -0.25) is 9.59 Å². The van der Waals surface area contributed by atoms with Crippen molar-refractivity contribution in [2.45, 2.75) is 178 Å². The first-order chi connectivity index (χ1) is 20.9. The fourth-order valence-electron chi connectivity index (χ4n) is 9.05. The van der Waals surface area contributed by atoms with Gasteiger partial charge in [-0.15, -0.1) is 0 Å². The van der Waals surface area contributed by atoms with Crippen molar-refractivity contribution in [1.29, 1.82) is 0 Å². The Morgan fingerprint density at radius 1 is 0.532 bits per heavy atom.